The number of carbonyl (C=O) groups excluding carboxylic acids is 2. The van der Waals surface area contributed by atoms with Crippen LogP contribution >= 0.6 is 11.6 Å². The number of nitrogens with one attached hydrogen (secondary N) is 1. The Kier molecular flexibility index (Phi) is 3.74. The second kappa shape index (κ2) is 4.98. The van der Waals surface area contributed by atoms with E-state index in [9.17, 15) is 14.0 Å². The molecule has 1 saturated heterocycles. The summed E-state index contributed by atoms with van der Waals surface area (Å²) in [6.07, 6.45) is 0. The Hall–Kier alpha value is -1.62. The van der Waals surface area contributed by atoms with E-state index in [1.807, 2.05) is 0 Å². The zero-order chi connectivity index (χ0) is 16.0. The second-order valence-corrected chi connectivity index (χ2v) is 6.65. The van der Waals surface area contributed by atoms with Gasteiger partial charge in [0.15, 0.2) is 0 Å². The molecule has 4 nitrogen and oxygen atoms in total. The maximum absolute atomic E-state index is 14.1. The van der Waals surface area contributed by atoms with Gasteiger partial charge in [0.2, 0.25) is 11.8 Å². The molecule has 2 rings (SSSR count). The van der Waals surface area contributed by atoms with Gasteiger partial charge in [-0.1, -0.05) is 23.7 Å². The Morgan fingerprint density at radius 1 is 1.24 bits per heavy atom. The highest BCUT2D eigenvalue weighted by Crippen LogP contribution is 2.29. The van der Waals surface area contributed by atoms with Crippen molar-refractivity contribution in [3.8, 4) is 0 Å². The lowest BCUT2D eigenvalue weighted by Gasteiger charge is -2.47. The molecule has 1 N–H and O–H groups in total. The molecule has 0 aromatic heterocycles. The third-order valence-electron chi connectivity index (χ3n) is 3.80. The fourth-order valence-electron chi connectivity index (χ4n) is 2.31. The van der Waals surface area contributed by atoms with E-state index in [4.69, 9.17) is 11.6 Å². The molecule has 21 heavy (non-hydrogen) atoms. The van der Waals surface area contributed by atoms with Crippen LogP contribution < -0.4 is 5.32 Å². The van der Waals surface area contributed by atoms with Gasteiger partial charge in [-0.3, -0.25) is 9.59 Å². The molecular formula is C15H18ClFN2O2. The van der Waals surface area contributed by atoms with E-state index < -0.39 is 16.9 Å². The van der Waals surface area contributed by atoms with Crippen LogP contribution in [-0.4, -0.2) is 27.8 Å². The molecule has 0 aliphatic carbocycles. The highest BCUT2D eigenvalue weighted by molar-refractivity contribution is 6.30. The number of rotatable bonds is 2. The summed E-state index contributed by atoms with van der Waals surface area (Å²) in [4.78, 5) is 26.2. The van der Waals surface area contributed by atoms with Gasteiger partial charge < -0.3 is 10.2 Å². The highest BCUT2D eigenvalue weighted by Gasteiger charge is 2.50. The highest BCUT2D eigenvalue weighted by atomic mass is 35.5. The topological polar surface area (TPSA) is 49.4 Å². The summed E-state index contributed by atoms with van der Waals surface area (Å²) in [7, 11) is 0. The number of halogens is 2. The number of nitrogens with zero attached hydrogens (tertiary/aromatic N) is 1. The fraction of sp³-hybridized carbons (Fsp3) is 0.467. The first-order chi connectivity index (χ1) is 9.57. The Labute approximate surface area is 128 Å². The quantitative estimate of drug-likeness (QED) is 0.912. The van der Waals surface area contributed by atoms with E-state index in [2.05, 4.69) is 5.32 Å². The summed E-state index contributed by atoms with van der Waals surface area (Å²) >= 11 is 5.77. The van der Waals surface area contributed by atoms with Crippen LogP contribution in [0.2, 0.25) is 5.02 Å². The van der Waals surface area contributed by atoms with Crippen molar-refractivity contribution >= 4 is 23.4 Å². The SMILES string of the molecule is CC1(C)NC(=O)C(C)(C)N(Cc2cccc(Cl)c2F)C1=O. The standard InChI is InChI=1S/C15H18ClFN2O2/c1-14(2)13(21)19(15(3,4)12(20)18-14)8-9-6-5-7-10(16)11(9)17/h5-7H,8H2,1-4H3,(H,18,20). The fourth-order valence-corrected chi connectivity index (χ4v) is 2.51. The third-order valence-corrected chi connectivity index (χ3v) is 4.09. The van der Waals surface area contributed by atoms with Gasteiger partial charge in [-0.05, 0) is 33.8 Å². The van der Waals surface area contributed by atoms with Gasteiger partial charge in [0.25, 0.3) is 0 Å². The second-order valence-electron chi connectivity index (χ2n) is 6.24. The number of piperazine rings is 1. The average molecular weight is 313 g/mol. The van der Waals surface area contributed by atoms with Crippen LogP contribution in [0.1, 0.15) is 33.3 Å². The van der Waals surface area contributed by atoms with Crippen molar-refractivity contribution in [2.45, 2.75) is 45.3 Å². The van der Waals surface area contributed by atoms with E-state index in [1.54, 1.807) is 39.8 Å². The Balaban J connectivity index is 2.42. The molecule has 1 heterocycles. The zero-order valence-corrected chi connectivity index (χ0v) is 13.2. The maximum atomic E-state index is 14.1. The van der Waals surface area contributed by atoms with Crippen LogP contribution in [0.5, 0.6) is 0 Å². The summed E-state index contributed by atoms with van der Waals surface area (Å²) in [5.41, 5.74) is -1.78. The van der Waals surface area contributed by atoms with Gasteiger partial charge in [0.1, 0.15) is 16.9 Å². The molecule has 114 valence electrons. The van der Waals surface area contributed by atoms with Crippen LogP contribution in [0.3, 0.4) is 0 Å². The van der Waals surface area contributed by atoms with E-state index in [0.717, 1.165) is 0 Å². The number of amides is 2. The molecule has 6 heteroatoms. The van der Waals surface area contributed by atoms with Gasteiger partial charge in [-0.15, -0.1) is 0 Å². The first kappa shape index (κ1) is 15.8. The largest absolute Gasteiger partial charge is 0.340 e. The van der Waals surface area contributed by atoms with Gasteiger partial charge >= 0.3 is 0 Å². The number of carbonyl (C=O) groups is 2. The minimum atomic E-state index is -1.05. The zero-order valence-electron chi connectivity index (χ0n) is 12.5. The van der Waals surface area contributed by atoms with Crippen LogP contribution in [0.25, 0.3) is 0 Å². The summed E-state index contributed by atoms with van der Waals surface area (Å²) in [5, 5.41) is 2.69. The molecule has 1 aromatic rings. The summed E-state index contributed by atoms with van der Waals surface area (Å²) in [6.45, 7) is 6.53. The van der Waals surface area contributed by atoms with Crippen molar-refractivity contribution in [1.29, 1.82) is 0 Å². The molecule has 2 amide bonds. The van der Waals surface area contributed by atoms with Gasteiger partial charge in [0, 0.05) is 12.1 Å². The molecular weight excluding hydrogens is 295 g/mol. The first-order valence-electron chi connectivity index (χ1n) is 6.65. The van der Waals surface area contributed by atoms with Crippen LogP contribution in [0, 0.1) is 5.82 Å². The van der Waals surface area contributed by atoms with E-state index in [1.165, 1.54) is 11.0 Å². The van der Waals surface area contributed by atoms with E-state index in [0.29, 0.717) is 0 Å². The molecule has 1 aliphatic heterocycles. The summed E-state index contributed by atoms with van der Waals surface area (Å²) in [5.74, 6) is -1.09. The molecule has 0 unspecified atom stereocenters. The predicted octanol–water partition coefficient (Wildman–Crippen LogP) is 2.49. The van der Waals surface area contributed by atoms with Crippen molar-refractivity contribution in [2.75, 3.05) is 0 Å². The predicted molar refractivity (Wildman–Crippen MR) is 78.3 cm³/mol. The molecule has 0 spiro atoms. The van der Waals surface area contributed by atoms with Gasteiger partial charge in [0.05, 0.1) is 5.02 Å². The van der Waals surface area contributed by atoms with Gasteiger partial charge in [-0.2, -0.15) is 0 Å². The third kappa shape index (κ3) is 2.62. The van der Waals surface area contributed by atoms with Crippen molar-refractivity contribution < 1.29 is 14.0 Å². The normalized spacial score (nSPS) is 20.4. The van der Waals surface area contributed by atoms with Crippen molar-refractivity contribution in [3.63, 3.8) is 0 Å². The summed E-state index contributed by atoms with van der Waals surface area (Å²) in [6, 6.07) is 4.62. The van der Waals surface area contributed by atoms with Crippen molar-refractivity contribution in [3.05, 3.63) is 34.6 Å². The number of hydrogen-bond acceptors (Lipinski definition) is 2. The van der Waals surface area contributed by atoms with Crippen molar-refractivity contribution in [1.82, 2.24) is 10.2 Å². The molecule has 0 atom stereocenters. The number of benzene rings is 1. The Morgan fingerprint density at radius 2 is 1.86 bits per heavy atom. The van der Waals surface area contributed by atoms with Crippen molar-refractivity contribution in [2.24, 2.45) is 0 Å². The molecule has 0 saturated carbocycles. The molecule has 1 aliphatic rings. The van der Waals surface area contributed by atoms with Gasteiger partial charge in [-0.25, -0.2) is 4.39 Å². The lowest BCUT2D eigenvalue weighted by molar-refractivity contribution is -0.160. The maximum Gasteiger partial charge on any atom is 0.248 e. The molecule has 1 fully saturated rings. The van der Waals surface area contributed by atoms with E-state index >= 15 is 0 Å². The molecule has 0 radical (unpaired) electrons. The van der Waals surface area contributed by atoms with Crippen LogP contribution in [0.15, 0.2) is 18.2 Å². The smallest absolute Gasteiger partial charge is 0.248 e. The lowest BCUT2D eigenvalue weighted by Crippen LogP contribution is -2.71. The van der Waals surface area contributed by atoms with Crippen LogP contribution in [-0.2, 0) is 16.1 Å². The Morgan fingerprint density at radius 3 is 2.48 bits per heavy atom. The van der Waals surface area contributed by atoms with Crippen LogP contribution in [0.4, 0.5) is 4.39 Å². The number of hydrogen-bond donors (Lipinski definition) is 1. The molecule has 0 bridgehead atoms. The van der Waals surface area contributed by atoms with E-state index in [-0.39, 0.29) is 28.9 Å². The minimum absolute atomic E-state index is 0.00141. The monoisotopic (exact) mass is 312 g/mol. The summed E-state index contributed by atoms with van der Waals surface area (Å²) < 4.78 is 14.1. The lowest BCUT2D eigenvalue weighted by atomic mass is 9.89. The minimum Gasteiger partial charge on any atom is -0.340 e. The Bertz CT molecular complexity index is 614. The molecule has 1 aromatic carbocycles. The first-order valence-corrected chi connectivity index (χ1v) is 7.03. The average Bonchev–Trinajstić information content (AvgIpc) is 2.37.